The molecule has 3 aromatic rings. The van der Waals surface area contributed by atoms with Crippen molar-refractivity contribution in [3.05, 3.63) is 77.9 Å². The van der Waals surface area contributed by atoms with Gasteiger partial charge in [-0.15, -0.1) is 0 Å². The molecule has 0 aliphatic carbocycles. The first kappa shape index (κ1) is 18.0. The van der Waals surface area contributed by atoms with Crippen LogP contribution in [0.25, 0.3) is 10.8 Å². The average molecular weight is 354 g/mol. The topological polar surface area (TPSA) is 32.3 Å². The quantitative estimate of drug-likeness (QED) is 0.727. The van der Waals surface area contributed by atoms with Gasteiger partial charge in [-0.1, -0.05) is 36.4 Å². The third-order valence-corrected chi connectivity index (χ3v) is 4.47. The molecule has 26 heavy (non-hydrogen) atoms. The normalized spacial score (nSPS) is 12.3. The van der Waals surface area contributed by atoms with Crippen LogP contribution in [0.1, 0.15) is 12.5 Å². The summed E-state index contributed by atoms with van der Waals surface area (Å²) in [5.74, 6) is -1.65. The number of benzene rings is 3. The highest BCUT2D eigenvalue weighted by molar-refractivity contribution is 5.94. The molecule has 0 aromatic heterocycles. The van der Waals surface area contributed by atoms with E-state index in [1.165, 1.54) is 0 Å². The molecule has 0 radical (unpaired) electrons. The minimum atomic E-state index is -0.663. The lowest BCUT2D eigenvalue weighted by atomic mass is 10.1. The van der Waals surface area contributed by atoms with Crippen molar-refractivity contribution in [2.45, 2.75) is 19.5 Å². The van der Waals surface area contributed by atoms with Crippen molar-refractivity contribution in [1.29, 1.82) is 0 Å². The van der Waals surface area contributed by atoms with Gasteiger partial charge in [-0.05, 0) is 48.5 Å². The average Bonchev–Trinajstić information content (AvgIpc) is 2.64. The Bertz CT molecular complexity index is 942. The van der Waals surface area contributed by atoms with Gasteiger partial charge in [0, 0.05) is 12.6 Å². The largest absolute Gasteiger partial charge is 0.322 e. The molecule has 0 fully saturated rings. The third kappa shape index (κ3) is 4.06. The van der Waals surface area contributed by atoms with Crippen LogP contribution >= 0.6 is 0 Å². The van der Waals surface area contributed by atoms with Gasteiger partial charge < -0.3 is 5.32 Å². The predicted octanol–water partition coefficient (Wildman–Crippen LogP) is 4.58. The molecule has 134 valence electrons. The summed E-state index contributed by atoms with van der Waals surface area (Å²) < 4.78 is 26.9. The summed E-state index contributed by atoms with van der Waals surface area (Å²) >= 11 is 0. The molecule has 0 spiro atoms. The van der Waals surface area contributed by atoms with E-state index in [1.807, 2.05) is 48.3 Å². The Morgan fingerprint density at radius 1 is 1.04 bits per heavy atom. The molecule has 0 aliphatic rings. The highest BCUT2D eigenvalue weighted by Crippen LogP contribution is 2.19. The van der Waals surface area contributed by atoms with Crippen molar-refractivity contribution < 1.29 is 13.6 Å². The lowest BCUT2D eigenvalue weighted by Crippen LogP contribution is -2.39. The van der Waals surface area contributed by atoms with E-state index >= 15 is 0 Å². The number of anilines is 1. The minimum absolute atomic E-state index is 0.152. The molecule has 0 saturated heterocycles. The molecule has 0 saturated carbocycles. The Hall–Kier alpha value is -2.79. The number of carbonyl (C=O) groups excluding carboxylic acids is 1. The summed E-state index contributed by atoms with van der Waals surface area (Å²) in [5.41, 5.74) is 0.920. The van der Waals surface area contributed by atoms with Crippen LogP contribution < -0.4 is 5.32 Å². The molecule has 1 unspecified atom stereocenters. The van der Waals surface area contributed by atoms with Crippen molar-refractivity contribution in [3.63, 3.8) is 0 Å². The first-order valence-electron chi connectivity index (χ1n) is 8.38. The van der Waals surface area contributed by atoms with Gasteiger partial charge in [-0.2, -0.15) is 0 Å². The van der Waals surface area contributed by atoms with Crippen LogP contribution in [-0.2, 0) is 11.3 Å². The van der Waals surface area contributed by atoms with E-state index in [4.69, 9.17) is 0 Å². The number of fused-ring (bicyclic) bond motifs is 1. The number of halogens is 2. The number of likely N-dealkylation sites (N-methyl/N-ethyl adjacent to an activating group) is 1. The molecular formula is C21H20F2N2O. The monoisotopic (exact) mass is 354 g/mol. The van der Waals surface area contributed by atoms with E-state index < -0.39 is 23.6 Å². The van der Waals surface area contributed by atoms with Crippen LogP contribution in [0.15, 0.2) is 60.7 Å². The van der Waals surface area contributed by atoms with Gasteiger partial charge in [0.05, 0.1) is 11.7 Å². The number of nitrogens with one attached hydrogen (secondary N) is 1. The number of nitrogens with zero attached hydrogens (tertiary/aromatic N) is 1. The summed E-state index contributed by atoms with van der Waals surface area (Å²) in [5, 5.41) is 4.75. The van der Waals surface area contributed by atoms with Crippen molar-refractivity contribution in [2.24, 2.45) is 0 Å². The molecule has 1 amide bonds. The molecule has 3 rings (SSSR count). The fourth-order valence-corrected chi connectivity index (χ4v) is 2.79. The molecule has 1 atom stereocenters. The second-order valence-corrected chi connectivity index (χ2v) is 6.39. The summed E-state index contributed by atoms with van der Waals surface area (Å²) in [6.45, 7) is 2.29. The maximum atomic E-state index is 13.7. The van der Waals surface area contributed by atoms with Crippen LogP contribution in [0.3, 0.4) is 0 Å². The zero-order chi connectivity index (χ0) is 18.7. The second kappa shape index (κ2) is 7.62. The van der Waals surface area contributed by atoms with E-state index in [-0.39, 0.29) is 5.69 Å². The van der Waals surface area contributed by atoms with Gasteiger partial charge >= 0.3 is 0 Å². The van der Waals surface area contributed by atoms with Gasteiger partial charge in [0.25, 0.3) is 0 Å². The molecule has 0 aliphatic heterocycles. The lowest BCUT2D eigenvalue weighted by molar-refractivity contribution is -0.120. The molecule has 3 aromatic carbocycles. The summed E-state index contributed by atoms with van der Waals surface area (Å²) in [6, 6.07) is 16.7. The Labute approximate surface area is 151 Å². The van der Waals surface area contributed by atoms with Crippen molar-refractivity contribution >= 4 is 22.4 Å². The van der Waals surface area contributed by atoms with Crippen LogP contribution in [0.5, 0.6) is 0 Å². The number of hydrogen-bond donors (Lipinski definition) is 1. The number of rotatable bonds is 5. The van der Waals surface area contributed by atoms with Crippen molar-refractivity contribution in [1.82, 2.24) is 4.90 Å². The SMILES string of the molecule is CC(C(=O)Nc1cc(F)ccc1F)N(C)Cc1ccc2ccccc2c1. The number of amides is 1. The molecule has 0 heterocycles. The van der Waals surface area contributed by atoms with Gasteiger partial charge in [0.1, 0.15) is 11.6 Å². The smallest absolute Gasteiger partial charge is 0.241 e. The maximum absolute atomic E-state index is 13.7. The molecule has 3 nitrogen and oxygen atoms in total. The standard InChI is InChI=1S/C21H20F2N2O/c1-14(21(26)24-20-12-18(22)9-10-19(20)23)25(2)13-15-7-8-16-5-3-4-6-17(16)11-15/h3-12,14H,13H2,1-2H3,(H,24,26). The second-order valence-electron chi connectivity index (χ2n) is 6.39. The molecular weight excluding hydrogens is 334 g/mol. The van der Waals surface area contributed by atoms with Crippen LogP contribution in [0.2, 0.25) is 0 Å². The Kier molecular flexibility index (Phi) is 5.28. The van der Waals surface area contributed by atoms with Gasteiger partial charge in [0.15, 0.2) is 0 Å². The van der Waals surface area contributed by atoms with E-state index in [2.05, 4.69) is 11.4 Å². The molecule has 5 heteroatoms. The zero-order valence-electron chi connectivity index (χ0n) is 14.7. The Balaban J connectivity index is 1.68. The van der Waals surface area contributed by atoms with Gasteiger partial charge in [-0.25, -0.2) is 8.78 Å². The van der Waals surface area contributed by atoms with Crippen molar-refractivity contribution in [2.75, 3.05) is 12.4 Å². The van der Waals surface area contributed by atoms with Crippen molar-refractivity contribution in [3.8, 4) is 0 Å². The highest BCUT2D eigenvalue weighted by atomic mass is 19.1. The van der Waals surface area contributed by atoms with E-state index in [0.717, 1.165) is 34.5 Å². The predicted molar refractivity (Wildman–Crippen MR) is 99.9 cm³/mol. The van der Waals surface area contributed by atoms with E-state index in [9.17, 15) is 13.6 Å². The minimum Gasteiger partial charge on any atom is -0.322 e. The van der Waals surface area contributed by atoms with E-state index in [0.29, 0.717) is 6.54 Å². The number of hydrogen-bond acceptors (Lipinski definition) is 2. The van der Waals surface area contributed by atoms with Crippen LogP contribution in [0.4, 0.5) is 14.5 Å². The molecule has 0 bridgehead atoms. The Morgan fingerprint density at radius 2 is 1.77 bits per heavy atom. The van der Waals surface area contributed by atoms with Crippen LogP contribution in [0, 0.1) is 11.6 Å². The Morgan fingerprint density at radius 3 is 2.54 bits per heavy atom. The van der Waals surface area contributed by atoms with Gasteiger partial charge in [-0.3, -0.25) is 9.69 Å². The summed E-state index contributed by atoms with van der Waals surface area (Å²) in [7, 11) is 1.82. The third-order valence-electron chi connectivity index (χ3n) is 4.47. The van der Waals surface area contributed by atoms with Crippen LogP contribution in [-0.4, -0.2) is 23.9 Å². The molecule has 1 N–H and O–H groups in total. The highest BCUT2D eigenvalue weighted by Gasteiger charge is 2.19. The maximum Gasteiger partial charge on any atom is 0.241 e. The fraction of sp³-hybridized carbons (Fsp3) is 0.190. The lowest BCUT2D eigenvalue weighted by Gasteiger charge is -2.24. The zero-order valence-corrected chi connectivity index (χ0v) is 14.7. The summed E-state index contributed by atoms with van der Waals surface area (Å²) in [4.78, 5) is 14.2. The van der Waals surface area contributed by atoms with Gasteiger partial charge in [0.2, 0.25) is 5.91 Å². The van der Waals surface area contributed by atoms with E-state index in [1.54, 1.807) is 6.92 Å². The summed E-state index contributed by atoms with van der Waals surface area (Å²) in [6.07, 6.45) is 0. The fourth-order valence-electron chi connectivity index (χ4n) is 2.79. The number of carbonyl (C=O) groups is 1. The first-order chi connectivity index (χ1) is 12.4. The first-order valence-corrected chi connectivity index (χ1v) is 8.38.